The Balaban J connectivity index is 1.16. The lowest BCUT2D eigenvalue weighted by Gasteiger charge is -2.18. The fourth-order valence-electron chi connectivity index (χ4n) is 7.76. The van der Waals surface area contributed by atoms with Crippen LogP contribution in [0.25, 0.3) is 72.3 Å². The Morgan fingerprint density at radius 1 is 0.690 bits per heavy atom. The number of rotatable bonds is 8. The number of ether oxygens (including phenoxy) is 1. The molecule has 5 nitrogen and oxygen atoms in total. The lowest BCUT2D eigenvalue weighted by Crippen LogP contribution is -2.32. The van der Waals surface area contributed by atoms with Crippen molar-refractivity contribution in [2.45, 2.75) is 33.6 Å². The predicted molar refractivity (Wildman–Crippen MR) is 237 cm³/mol. The third-order valence-electron chi connectivity index (χ3n) is 10.4. The van der Waals surface area contributed by atoms with Gasteiger partial charge >= 0.3 is 0 Å². The van der Waals surface area contributed by atoms with E-state index in [1.54, 1.807) is 35.9 Å². The fourth-order valence-corrected chi connectivity index (χ4v) is 7.76. The maximum Gasteiger partial charge on any atom is 0.269 e. The Labute approximate surface area is 352 Å². The second-order valence-electron chi connectivity index (χ2n) is 14.4. The molecule has 0 amide bonds. The molecule has 0 saturated heterocycles. The van der Waals surface area contributed by atoms with Crippen LogP contribution in [0.15, 0.2) is 176 Å². The summed E-state index contributed by atoms with van der Waals surface area (Å²) in [7, 11) is 0. The molecule has 0 N–H and O–H groups in total. The Kier molecular flexibility index (Phi) is 6.40. The van der Waals surface area contributed by atoms with E-state index < -0.39 is 36.1 Å². The van der Waals surface area contributed by atoms with Crippen LogP contribution >= 0.6 is 0 Å². The molecule has 0 radical (unpaired) electrons. The molecule has 0 aliphatic heterocycles. The van der Waals surface area contributed by atoms with Crippen molar-refractivity contribution >= 4 is 32.8 Å². The van der Waals surface area contributed by atoms with Gasteiger partial charge < -0.3 is 4.74 Å². The molecule has 0 spiro atoms. The molecular weight excluding hydrogens is 709 g/mol. The molecule has 0 saturated carbocycles. The van der Waals surface area contributed by atoms with Crippen LogP contribution < -0.4 is 9.30 Å². The Morgan fingerprint density at radius 3 is 2.29 bits per heavy atom. The second-order valence-corrected chi connectivity index (χ2v) is 14.4. The van der Waals surface area contributed by atoms with Crippen molar-refractivity contribution in [2.24, 2.45) is 0 Å². The van der Waals surface area contributed by atoms with Crippen LogP contribution in [0.1, 0.15) is 50.1 Å². The number of aryl methyl sites for hydroxylation is 1. The van der Waals surface area contributed by atoms with E-state index in [1.165, 1.54) is 0 Å². The third-order valence-corrected chi connectivity index (χ3v) is 10.4. The van der Waals surface area contributed by atoms with E-state index >= 15 is 0 Å². The topological polar surface area (TPSA) is 35.9 Å². The first-order chi connectivity index (χ1) is 32.5. The zero-order chi connectivity index (χ0) is 48.1. The molecule has 0 bridgehead atoms. The van der Waals surface area contributed by atoms with Gasteiger partial charge in [0.15, 0.2) is 0 Å². The summed E-state index contributed by atoms with van der Waals surface area (Å²) in [6.07, 6.45) is 5.24. The Hall–Kier alpha value is -7.24. The fraction of sp³-hybridized carbons (Fsp3) is 0.0943. The van der Waals surface area contributed by atoms with Crippen LogP contribution in [0.2, 0.25) is 0 Å². The normalized spacial score (nSPS) is 14.2. The van der Waals surface area contributed by atoms with Gasteiger partial charge in [-0.1, -0.05) is 134 Å². The lowest BCUT2D eigenvalue weighted by atomic mass is 9.95. The minimum Gasteiger partial charge on any atom is -0.458 e. The average molecular weight is 761 g/mol. The minimum absolute atomic E-state index is 0.0539. The summed E-state index contributed by atoms with van der Waals surface area (Å²) in [5.74, 6) is 0.940. The number of hydrogen-bond acceptors (Lipinski definition) is 2. The summed E-state index contributed by atoms with van der Waals surface area (Å²) in [5.41, 5.74) is 6.39. The van der Waals surface area contributed by atoms with Gasteiger partial charge in [-0.15, -0.1) is 0 Å². The number of nitrogens with zero attached hydrogens (tertiary/aromatic N) is 4. The highest BCUT2D eigenvalue weighted by Gasteiger charge is 2.21. The molecule has 0 aliphatic carbocycles. The molecule has 10 aromatic rings. The zero-order valence-corrected chi connectivity index (χ0v) is 32.2. The number of hydrogen-bond donors (Lipinski definition) is 0. The number of para-hydroxylation sites is 3. The van der Waals surface area contributed by atoms with Crippen molar-refractivity contribution in [1.82, 2.24) is 14.1 Å². The first kappa shape index (κ1) is 25.8. The molecule has 0 unspecified atom stereocenters. The van der Waals surface area contributed by atoms with Gasteiger partial charge in [0.25, 0.3) is 6.33 Å². The van der Waals surface area contributed by atoms with Crippen LogP contribution in [-0.2, 0) is 0 Å². The SMILES string of the molecule is [2H]c1c([2H])c([2H])c(-c2cccc(-c3c([2H])c([2H])c([2H])c(C)c3[2H])c2-[n+]2[c-]n(-c3cccc(Oc4ccc5c6ccccc6n(-c6cc(C([2H])(C)C)ccn6)c5c4)c3)c3cccc(C)c32)c([2H])c1[2H]. The summed E-state index contributed by atoms with van der Waals surface area (Å²) in [6, 6.07) is 32.5. The number of imidazole rings is 1. The monoisotopic (exact) mass is 760 g/mol. The van der Waals surface area contributed by atoms with Crippen molar-refractivity contribution in [3.63, 3.8) is 0 Å². The number of pyridine rings is 1. The average Bonchev–Trinajstić information content (AvgIpc) is 3.88. The molecule has 3 aromatic heterocycles. The van der Waals surface area contributed by atoms with Gasteiger partial charge in [0, 0.05) is 24.4 Å². The maximum atomic E-state index is 9.21. The van der Waals surface area contributed by atoms with Gasteiger partial charge in [-0.05, 0) is 102 Å². The highest BCUT2D eigenvalue weighted by molar-refractivity contribution is 6.09. The lowest BCUT2D eigenvalue weighted by molar-refractivity contribution is -0.571. The molecule has 58 heavy (non-hydrogen) atoms. The van der Waals surface area contributed by atoms with Crippen LogP contribution in [-0.4, -0.2) is 14.1 Å². The van der Waals surface area contributed by atoms with E-state index in [-0.39, 0.29) is 57.7 Å². The van der Waals surface area contributed by atoms with Crippen LogP contribution in [0.3, 0.4) is 0 Å². The molecular formula is C53H42N4O. The van der Waals surface area contributed by atoms with E-state index in [0.29, 0.717) is 34.0 Å². The summed E-state index contributed by atoms with van der Waals surface area (Å²) < 4.78 is 100. The standard InChI is InChI=1S/C53H42N4O/c1-35(2)39-28-29-54-51(31-39)57-48-24-9-8-21-46(48)47-27-26-43(33-50(47)57)58-42-20-12-19-41(32-42)55-34-56(52-37(4)15-11-25-49(52)55)53-44(38-16-6-5-7-17-38)22-13-23-45(53)40-18-10-14-36(3)30-40/h5-33,35H,1-4H3/i5D,6D,7D,10D,14D,16D,17D,18D,30D,35D. The Morgan fingerprint density at radius 2 is 1.43 bits per heavy atom. The van der Waals surface area contributed by atoms with Gasteiger partial charge in [-0.25, -0.2) is 4.98 Å². The van der Waals surface area contributed by atoms with Gasteiger partial charge in [-0.3, -0.25) is 13.7 Å². The smallest absolute Gasteiger partial charge is 0.269 e. The predicted octanol–water partition coefficient (Wildman–Crippen LogP) is 13.1. The first-order valence-corrected chi connectivity index (χ1v) is 19.0. The third kappa shape index (κ3) is 6.12. The summed E-state index contributed by atoms with van der Waals surface area (Å²) in [6.45, 7) is 7.18. The van der Waals surface area contributed by atoms with Crippen molar-refractivity contribution in [3.8, 4) is 50.9 Å². The van der Waals surface area contributed by atoms with Crippen LogP contribution in [0.5, 0.6) is 11.5 Å². The summed E-state index contributed by atoms with van der Waals surface area (Å²) in [4.78, 5) is 4.75. The van der Waals surface area contributed by atoms with E-state index in [2.05, 4.69) is 23.0 Å². The van der Waals surface area contributed by atoms with Crippen molar-refractivity contribution in [2.75, 3.05) is 0 Å². The van der Waals surface area contributed by atoms with E-state index in [4.69, 9.17) is 22.1 Å². The molecule has 0 fully saturated rings. The highest BCUT2D eigenvalue weighted by atomic mass is 16.5. The molecule has 10 rings (SSSR count). The summed E-state index contributed by atoms with van der Waals surface area (Å²) >= 11 is 0. The van der Waals surface area contributed by atoms with Gasteiger partial charge in [-0.2, -0.15) is 0 Å². The van der Waals surface area contributed by atoms with E-state index in [0.717, 1.165) is 32.9 Å². The van der Waals surface area contributed by atoms with E-state index in [9.17, 15) is 1.37 Å². The van der Waals surface area contributed by atoms with E-state index in [1.807, 2.05) is 110 Å². The maximum absolute atomic E-state index is 9.21. The number of aromatic nitrogens is 4. The molecule has 5 heteroatoms. The van der Waals surface area contributed by atoms with Crippen molar-refractivity contribution < 1.29 is 23.0 Å². The number of benzene rings is 7. The van der Waals surface area contributed by atoms with Crippen molar-refractivity contribution in [1.29, 1.82) is 0 Å². The Bertz CT molecular complexity index is 3600. The van der Waals surface area contributed by atoms with Crippen LogP contribution in [0.4, 0.5) is 0 Å². The molecule has 7 aromatic carbocycles. The van der Waals surface area contributed by atoms with Gasteiger partial charge in [0.2, 0.25) is 0 Å². The first-order valence-electron chi connectivity index (χ1n) is 24.0. The van der Waals surface area contributed by atoms with Gasteiger partial charge in [0.1, 0.15) is 17.3 Å². The summed E-state index contributed by atoms with van der Waals surface area (Å²) in [5, 5.41) is 2.06. The molecule has 0 aliphatic rings. The van der Waals surface area contributed by atoms with Crippen molar-refractivity contribution in [3.05, 3.63) is 199 Å². The molecule has 280 valence electrons. The zero-order valence-electron chi connectivity index (χ0n) is 42.2. The van der Waals surface area contributed by atoms with Gasteiger partial charge in [0.05, 0.1) is 45.8 Å². The quantitative estimate of drug-likeness (QED) is 0.114. The highest BCUT2D eigenvalue weighted by Crippen LogP contribution is 2.37. The van der Waals surface area contributed by atoms with Crippen LogP contribution in [0, 0.1) is 20.2 Å². The second kappa shape index (κ2) is 14.4. The molecule has 0 atom stereocenters. The minimum atomic E-state index is -0.830. The largest absolute Gasteiger partial charge is 0.458 e. The number of fused-ring (bicyclic) bond motifs is 4. The molecule has 3 heterocycles.